The fourth-order valence-corrected chi connectivity index (χ4v) is 0. The van der Waals surface area contributed by atoms with Crippen LogP contribution in [0.15, 0.2) is 0 Å². The van der Waals surface area contributed by atoms with E-state index in [-0.39, 0.29) is 0 Å². The molecule has 0 saturated carbocycles. The van der Waals surface area contributed by atoms with Crippen LogP contribution in [0.5, 0.6) is 0 Å². The van der Waals surface area contributed by atoms with E-state index < -0.39 is 11.4 Å². The first-order chi connectivity index (χ1) is 2.94. The van der Waals surface area contributed by atoms with Crippen molar-refractivity contribution in [2.45, 2.75) is 19.2 Å². The third-order valence-corrected chi connectivity index (χ3v) is 0.507. The summed E-state index contributed by atoms with van der Waals surface area (Å²) in [6.07, 6.45) is 0. The maximum atomic E-state index is 11.4. The molecule has 38 valence electrons. The van der Waals surface area contributed by atoms with E-state index in [1.165, 1.54) is 13.8 Å². The number of carbonyl (C=O) groups is 1. The smallest absolute Gasteiger partial charge is 0.261 e. The SMILES string of the molecule is [B]C(C)(C)C(=O)F. The molecule has 0 rings (SSSR count). The summed E-state index contributed by atoms with van der Waals surface area (Å²) in [4.78, 5) is 9.67. The van der Waals surface area contributed by atoms with Crippen LogP contribution >= 0.6 is 0 Å². The van der Waals surface area contributed by atoms with Gasteiger partial charge in [-0.25, -0.2) is 0 Å². The van der Waals surface area contributed by atoms with E-state index in [0.29, 0.717) is 0 Å². The predicted molar refractivity (Wildman–Crippen MR) is 25.9 cm³/mol. The molecule has 1 nitrogen and oxygen atoms in total. The molecule has 0 aliphatic rings. The summed E-state index contributed by atoms with van der Waals surface area (Å²) in [6, 6.07) is -1.48. The topological polar surface area (TPSA) is 17.1 Å². The summed E-state index contributed by atoms with van der Waals surface area (Å²) in [7, 11) is 4.95. The van der Waals surface area contributed by atoms with Gasteiger partial charge in [-0.3, -0.25) is 4.79 Å². The van der Waals surface area contributed by atoms with E-state index in [4.69, 9.17) is 7.85 Å². The van der Waals surface area contributed by atoms with Gasteiger partial charge in [0.2, 0.25) is 0 Å². The van der Waals surface area contributed by atoms with Crippen LogP contribution in [0.2, 0.25) is 5.31 Å². The zero-order valence-corrected chi connectivity index (χ0v) is 4.36. The van der Waals surface area contributed by atoms with Crippen molar-refractivity contribution in [2.24, 2.45) is 0 Å². The van der Waals surface area contributed by atoms with Crippen molar-refractivity contribution in [3.63, 3.8) is 0 Å². The Morgan fingerprint density at radius 2 is 1.86 bits per heavy atom. The first-order valence-electron chi connectivity index (χ1n) is 1.93. The summed E-state index contributed by atoms with van der Waals surface area (Å²) in [6.45, 7) is 2.63. The Balaban J connectivity index is 3.79. The highest BCUT2D eigenvalue weighted by Gasteiger charge is 2.19. The van der Waals surface area contributed by atoms with Gasteiger partial charge in [0.25, 0.3) is 6.04 Å². The minimum atomic E-state index is -1.48. The Kier molecular flexibility index (Phi) is 1.56. The van der Waals surface area contributed by atoms with Crippen LogP contribution in [0.1, 0.15) is 13.8 Å². The van der Waals surface area contributed by atoms with Crippen LogP contribution in [-0.4, -0.2) is 13.9 Å². The normalized spacial score (nSPS) is 11.3. The highest BCUT2D eigenvalue weighted by molar-refractivity contribution is 6.26. The lowest BCUT2D eigenvalue weighted by atomic mass is 9.73. The fraction of sp³-hybridized carbons (Fsp3) is 0.750. The van der Waals surface area contributed by atoms with Crippen molar-refractivity contribution >= 4 is 13.9 Å². The number of carbonyl (C=O) groups excluding carboxylic acids is 1. The van der Waals surface area contributed by atoms with Gasteiger partial charge < -0.3 is 0 Å². The molecule has 0 bridgehead atoms. The molecule has 0 aliphatic carbocycles. The summed E-state index contributed by atoms with van der Waals surface area (Å²) in [5.74, 6) is 0. The van der Waals surface area contributed by atoms with Crippen LogP contribution in [0, 0.1) is 0 Å². The zero-order chi connectivity index (χ0) is 6.08. The van der Waals surface area contributed by atoms with Gasteiger partial charge in [0, 0.05) is 5.31 Å². The van der Waals surface area contributed by atoms with E-state index in [9.17, 15) is 9.18 Å². The van der Waals surface area contributed by atoms with Crippen molar-refractivity contribution in [2.75, 3.05) is 0 Å². The molecule has 2 radical (unpaired) electrons. The Hall–Kier alpha value is -0.335. The van der Waals surface area contributed by atoms with Crippen LogP contribution < -0.4 is 0 Å². The Labute approximate surface area is 43.3 Å². The lowest BCUT2D eigenvalue weighted by molar-refractivity contribution is -0.131. The molecule has 0 saturated heterocycles. The van der Waals surface area contributed by atoms with Gasteiger partial charge in [-0.05, 0) is 0 Å². The van der Waals surface area contributed by atoms with Crippen LogP contribution in [0.25, 0.3) is 0 Å². The molecule has 3 heteroatoms. The van der Waals surface area contributed by atoms with Crippen LogP contribution in [-0.2, 0) is 4.79 Å². The molecule has 0 aromatic rings. The number of hydrogen-bond acceptors (Lipinski definition) is 1. The van der Waals surface area contributed by atoms with Crippen molar-refractivity contribution in [1.29, 1.82) is 0 Å². The fourth-order valence-electron chi connectivity index (χ4n) is 0. The molecule has 0 aromatic carbocycles. The number of hydrogen-bond donors (Lipinski definition) is 0. The Morgan fingerprint density at radius 1 is 1.71 bits per heavy atom. The van der Waals surface area contributed by atoms with Gasteiger partial charge in [0.15, 0.2) is 0 Å². The van der Waals surface area contributed by atoms with Gasteiger partial charge in [-0.1, -0.05) is 13.8 Å². The molecular formula is C4H6BFO. The summed E-state index contributed by atoms with van der Waals surface area (Å²) in [5, 5.41) is -1.31. The molecule has 0 spiro atoms. The van der Waals surface area contributed by atoms with E-state index in [1.54, 1.807) is 0 Å². The highest BCUT2D eigenvalue weighted by atomic mass is 19.1. The molecule has 0 atom stereocenters. The predicted octanol–water partition coefficient (Wildman–Crippen LogP) is 0.849. The standard InChI is InChI=1S/C4H6BFO/c1-4(2,5)3(6)7/h1-2H3. The molecule has 0 amide bonds. The number of rotatable bonds is 1. The second kappa shape index (κ2) is 1.64. The molecule has 0 fully saturated rings. The summed E-state index contributed by atoms with van der Waals surface area (Å²) < 4.78 is 11.4. The minimum absolute atomic E-state index is 1.31. The number of halogens is 1. The second-order valence-electron chi connectivity index (χ2n) is 2.00. The van der Waals surface area contributed by atoms with E-state index in [2.05, 4.69) is 0 Å². The Bertz CT molecular complexity index is 84.2. The lowest BCUT2D eigenvalue weighted by Crippen LogP contribution is -2.10. The maximum absolute atomic E-state index is 11.4. The molecule has 0 unspecified atom stereocenters. The lowest BCUT2D eigenvalue weighted by Gasteiger charge is -2.07. The first kappa shape index (κ1) is 6.66. The van der Waals surface area contributed by atoms with Crippen molar-refractivity contribution < 1.29 is 9.18 Å². The zero-order valence-electron chi connectivity index (χ0n) is 4.36. The molecule has 0 aromatic heterocycles. The van der Waals surface area contributed by atoms with Gasteiger partial charge in [0.05, 0.1) is 7.85 Å². The third kappa shape index (κ3) is 2.37. The molecular weight excluding hydrogens is 93.9 g/mol. The Morgan fingerprint density at radius 3 is 1.86 bits per heavy atom. The van der Waals surface area contributed by atoms with Crippen molar-refractivity contribution in [3.05, 3.63) is 0 Å². The molecule has 0 N–H and O–H groups in total. The van der Waals surface area contributed by atoms with Gasteiger partial charge in [-0.2, -0.15) is 4.39 Å². The van der Waals surface area contributed by atoms with Gasteiger partial charge in [-0.15, -0.1) is 0 Å². The monoisotopic (exact) mass is 100 g/mol. The van der Waals surface area contributed by atoms with Crippen molar-refractivity contribution in [1.82, 2.24) is 0 Å². The van der Waals surface area contributed by atoms with Crippen LogP contribution in [0.3, 0.4) is 0 Å². The quantitative estimate of drug-likeness (QED) is 0.352. The first-order valence-corrected chi connectivity index (χ1v) is 1.93. The van der Waals surface area contributed by atoms with Crippen molar-refractivity contribution in [3.8, 4) is 0 Å². The summed E-state index contributed by atoms with van der Waals surface area (Å²) >= 11 is 0. The molecule has 0 aliphatic heterocycles. The summed E-state index contributed by atoms with van der Waals surface area (Å²) in [5.41, 5.74) is 0. The van der Waals surface area contributed by atoms with E-state index >= 15 is 0 Å². The largest absolute Gasteiger partial charge is 0.298 e. The molecule has 0 heterocycles. The van der Waals surface area contributed by atoms with E-state index in [0.717, 1.165) is 0 Å². The van der Waals surface area contributed by atoms with Crippen LogP contribution in [0.4, 0.5) is 4.39 Å². The van der Waals surface area contributed by atoms with E-state index in [1.807, 2.05) is 0 Å². The average molecular weight is 99.9 g/mol. The maximum Gasteiger partial charge on any atom is 0.298 e. The highest BCUT2D eigenvalue weighted by Crippen LogP contribution is 2.18. The molecule has 7 heavy (non-hydrogen) atoms. The van der Waals surface area contributed by atoms with Gasteiger partial charge >= 0.3 is 0 Å². The minimum Gasteiger partial charge on any atom is -0.261 e. The second-order valence-corrected chi connectivity index (χ2v) is 2.00. The van der Waals surface area contributed by atoms with Gasteiger partial charge in [0.1, 0.15) is 0 Å². The average Bonchev–Trinajstić information content (AvgIpc) is 1.31. The third-order valence-electron chi connectivity index (χ3n) is 0.507.